The number of carbonyl (C=O) groups excluding carboxylic acids is 4. The molecule has 0 bridgehead atoms. The zero-order valence-electron chi connectivity index (χ0n) is 19.6. The number of carbonyl (C=O) groups is 6. The van der Waals surface area contributed by atoms with E-state index in [1.54, 1.807) is 30.3 Å². The first-order valence-electron chi connectivity index (χ1n) is 11.4. The summed E-state index contributed by atoms with van der Waals surface area (Å²) in [5, 5.41) is 23.1. The van der Waals surface area contributed by atoms with Crippen LogP contribution in [0.4, 0.5) is 0 Å². The zero-order chi connectivity index (χ0) is 26.8. The van der Waals surface area contributed by atoms with Crippen molar-refractivity contribution < 1.29 is 39.0 Å². The summed E-state index contributed by atoms with van der Waals surface area (Å²) in [6, 6.07) is 3.85. The highest BCUT2D eigenvalue weighted by atomic mass is 16.4. The van der Waals surface area contributed by atoms with Crippen molar-refractivity contribution in [3.8, 4) is 0 Å². The molecule has 4 unspecified atom stereocenters. The SMILES string of the molecule is NC(=O)CC(NC(=O)C(N)Cc1ccccc1)C(=O)NC(CCC(=O)O)C(=O)N1CCCC1C(=O)O. The van der Waals surface area contributed by atoms with Crippen LogP contribution in [0, 0.1) is 0 Å². The number of likely N-dealkylation sites (tertiary alicyclic amines) is 1. The molecule has 0 aromatic heterocycles. The van der Waals surface area contributed by atoms with E-state index in [0.717, 1.165) is 10.5 Å². The topological polar surface area (TPSA) is 222 Å². The molecule has 8 N–H and O–H groups in total. The van der Waals surface area contributed by atoms with Crippen LogP contribution >= 0.6 is 0 Å². The van der Waals surface area contributed by atoms with Crippen molar-refractivity contribution >= 4 is 35.6 Å². The molecular formula is C23H31N5O8. The quantitative estimate of drug-likeness (QED) is 0.180. The van der Waals surface area contributed by atoms with Gasteiger partial charge < -0.3 is 37.2 Å². The lowest BCUT2D eigenvalue weighted by Crippen LogP contribution is -2.58. The molecule has 1 aromatic carbocycles. The van der Waals surface area contributed by atoms with Gasteiger partial charge in [-0.1, -0.05) is 30.3 Å². The van der Waals surface area contributed by atoms with Crippen LogP contribution in [0.2, 0.25) is 0 Å². The molecule has 4 atom stereocenters. The van der Waals surface area contributed by atoms with E-state index >= 15 is 0 Å². The number of amides is 4. The Labute approximate surface area is 207 Å². The van der Waals surface area contributed by atoms with Gasteiger partial charge in [-0.25, -0.2) is 4.79 Å². The number of nitrogens with two attached hydrogens (primary N) is 2. The zero-order valence-corrected chi connectivity index (χ0v) is 19.6. The highest BCUT2D eigenvalue weighted by molar-refractivity contribution is 5.96. The van der Waals surface area contributed by atoms with Gasteiger partial charge in [0.15, 0.2) is 0 Å². The molecule has 1 aliphatic rings. The number of hydrogen-bond acceptors (Lipinski definition) is 7. The molecule has 0 saturated carbocycles. The van der Waals surface area contributed by atoms with Gasteiger partial charge in [0.25, 0.3) is 0 Å². The lowest BCUT2D eigenvalue weighted by molar-refractivity contribution is -0.150. The summed E-state index contributed by atoms with van der Waals surface area (Å²) < 4.78 is 0. The molecule has 1 saturated heterocycles. The van der Waals surface area contributed by atoms with Gasteiger partial charge in [0.2, 0.25) is 23.6 Å². The van der Waals surface area contributed by atoms with Crippen molar-refractivity contribution in [1.82, 2.24) is 15.5 Å². The van der Waals surface area contributed by atoms with E-state index in [-0.39, 0.29) is 25.8 Å². The summed E-state index contributed by atoms with van der Waals surface area (Å²) in [6.45, 7) is 0.130. The van der Waals surface area contributed by atoms with Gasteiger partial charge in [0, 0.05) is 13.0 Å². The van der Waals surface area contributed by atoms with Crippen molar-refractivity contribution in [2.75, 3.05) is 6.54 Å². The van der Waals surface area contributed by atoms with Gasteiger partial charge in [-0.2, -0.15) is 0 Å². The molecule has 13 nitrogen and oxygen atoms in total. The molecule has 1 heterocycles. The molecule has 13 heteroatoms. The first kappa shape index (κ1) is 28.2. The number of carboxylic acids is 2. The summed E-state index contributed by atoms with van der Waals surface area (Å²) >= 11 is 0. The summed E-state index contributed by atoms with van der Waals surface area (Å²) in [5.74, 6) is -5.81. The first-order chi connectivity index (χ1) is 17.0. The van der Waals surface area contributed by atoms with E-state index in [1.165, 1.54) is 0 Å². The molecule has 1 fully saturated rings. The summed E-state index contributed by atoms with van der Waals surface area (Å²) in [5.41, 5.74) is 11.9. The van der Waals surface area contributed by atoms with E-state index < -0.39 is 72.6 Å². The number of nitrogens with zero attached hydrogens (tertiary/aromatic N) is 1. The maximum absolute atomic E-state index is 13.0. The average molecular weight is 506 g/mol. The summed E-state index contributed by atoms with van der Waals surface area (Å²) in [4.78, 5) is 73.9. The predicted molar refractivity (Wildman–Crippen MR) is 125 cm³/mol. The smallest absolute Gasteiger partial charge is 0.326 e. The Morgan fingerprint density at radius 3 is 2.22 bits per heavy atom. The van der Waals surface area contributed by atoms with Gasteiger partial charge in [-0.15, -0.1) is 0 Å². The molecule has 2 rings (SSSR count). The second kappa shape index (κ2) is 13.2. The van der Waals surface area contributed by atoms with Crippen LogP contribution in [0.5, 0.6) is 0 Å². The number of aliphatic carboxylic acids is 2. The van der Waals surface area contributed by atoms with Gasteiger partial charge in [0.05, 0.1) is 12.5 Å². The highest BCUT2D eigenvalue weighted by Gasteiger charge is 2.38. The molecule has 36 heavy (non-hydrogen) atoms. The van der Waals surface area contributed by atoms with Gasteiger partial charge in [-0.3, -0.25) is 24.0 Å². The van der Waals surface area contributed by atoms with Crippen molar-refractivity contribution in [3.05, 3.63) is 35.9 Å². The van der Waals surface area contributed by atoms with Crippen LogP contribution in [-0.4, -0.2) is 81.4 Å². The Hall–Kier alpha value is -4.00. The predicted octanol–water partition coefficient (Wildman–Crippen LogP) is -1.66. The number of hydrogen-bond donors (Lipinski definition) is 6. The monoisotopic (exact) mass is 505 g/mol. The van der Waals surface area contributed by atoms with E-state index in [0.29, 0.717) is 6.42 Å². The van der Waals surface area contributed by atoms with Crippen LogP contribution < -0.4 is 22.1 Å². The van der Waals surface area contributed by atoms with E-state index in [1.807, 2.05) is 0 Å². The summed E-state index contributed by atoms with van der Waals surface area (Å²) in [7, 11) is 0. The third kappa shape index (κ3) is 8.34. The van der Waals surface area contributed by atoms with Crippen LogP contribution in [-0.2, 0) is 35.2 Å². The second-order valence-electron chi connectivity index (χ2n) is 8.55. The molecule has 196 valence electrons. The highest BCUT2D eigenvalue weighted by Crippen LogP contribution is 2.19. The molecule has 0 radical (unpaired) electrons. The average Bonchev–Trinajstić information content (AvgIpc) is 3.31. The molecule has 1 aromatic rings. The Morgan fingerprint density at radius 1 is 1.00 bits per heavy atom. The van der Waals surface area contributed by atoms with Crippen LogP contribution in [0.25, 0.3) is 0 Å². The van der Waals surface area contributed by atoms with Crippen LogP contribution in [0.3, 0.4) is 0 Å². The van der Waals surface area contributed by atoms with Crippen molar-refractivity contribution in [2.24, 2.45) is 11.5 Å². The van der Waals surface area contributed by atoms with Crippen LogP contribution in [0.1, 0.15) is 37.7 Å². The number of benzene rings is 1. The van der Waals surface area contributed by atoms with Gasteiger partial charge in [-0.05, 0) is 31.2 Å². The van der Waals surface area contributed by atoms with Crippen molar-refractivity contribution in [1.29, 1.82) is 0 Å². The minimum Gasteiger partial charge on any atom is -0.481 e. The Bertz CT molecular complexity index is 986. The molecule has 1 aliphatic heterocycles. The number of carboxylic acid groups (broad SMARTS) is 2. The van der Waals surface area contributed by atoms with Crippen molar-refractivity contribution in [3.63, 3.8) is 0 Å². The van der Waals surface area contributed by atoms with Crippen LogP contribution in [0.15, 0.2) is 30.3 Å². The number of nitrogens with one attached hydrogen (secondary N) is 2. The fraction of sp³-hybridized carbons (Fsp3) is 0.478. The lowest BCUT2D eigenvalue weighted by atomic mass is 10.0. The maximum Gasteiger partial charge on any atom is 0.326 e. The maximum atomic E-state index is 13.0. The largest absolute Gasteiger partial charge is 0.481 e. The minimum absolute atomic E-state index is 0.130. The van der Waals surface area contributed by atoms with E-state index in [4.69, 9.17) is 16.6 Å². The van der Waals surface area contributed by atoms with Gasteiger partial charge >= 0.3 is 11.9 Å². The third-order valence-electron chi connectivity index (χ3n) is 5.76. The molecule has 4 amide bonds. The number of rotatable bonds is 13. The van der Waals surface area contributed by atoms with E-state index in [9.17, 15) is 33.9 Å². The Kier molecular flexibility index (Phi) is 10.3. The Balaban J connectivity index is 2.15. The van der Waals surface area contributed by atoms with Gasteiger partial charge in [0.1, 0.15) is 18.1 Å². The number of primary amides is 1. The van der Waals surface area contributed by atoms with Crippen molar-refractivity contribution in [2.45, 2.75) is 62.7 Å². The summed E-state index contributed by atoms with van der Waals surface area (Å²) in [6.07, 6.45) is -0.605. The molecular weight excluding hydrogens is 474 g/mol. The fourth-order valence-corrected chi connectivity index (χ4v) is 3.93. The fourth-order valence-electron chi connectivity index (χ4n) is 3.93. The van der Waals surface area contributed by atoms with E-state index in [2.05, 4.69) is 10.6 Å². The Morgan fingerprint density at radius 2 is 1.64 bits per heavy atom. The third-order valence-corrected chi connectivity index (χ3v) is 5.76. The standard InChI is InChI=1S/C23H31N5O8/c24-14(11-13-5-2-1-3-6-13)20(32)27-16(12-18(25)29)21(33)26-15(8-9-19(30)31)22(34)28-10-4-7-17(28)23(35)36/h1-3,5-6,14-17H,4,7-12,24H2,(H2,25,29)(H,26,33)(H,27,32)(H,30,31)(H,35,36). The molecule has 0 spiro atoms. The normalized spacial score (nSPS) is 17.5. The second-order valence-corrected chi connectivity index (χ2v) is 8.55. The minimum atomic E-state index is -1.48. The lowest BCUT2D eigenvalue weighted by Gasteiger charge is -2.28. The molecule has 0 aliphatic carbocycles. The first-order valence-corrected chi connectivity index (χ1v) is 11.4.